The Bertz CT molecular complexity index is 215. The lowest BCUT2D eigenvalue weighted by molar-refractivity contribution is -0.146. The smallest absolute Gasteiger partial charge is 0.332 e. The number of primary amides is 1. The topological polar surface area (TPSA) is 101 Å². The van der Waals surface area contributed by atoms with Gasteiger partial charge in [0.1, 0.15) is 0 Å². The third kappa shape index (κ3) is 13.7. The quantitative estimate of drug-likeness (QED) is 0.619. The van der Waals surface area contributed by atoms with E-state index in [0.29, 0.717) is 12.2 Å². The molecule has 18 heavy (non-hydrogen) atoms. The van der Waals surface area contributed by atoms with E-state index in [0.717, 1.165) is 12.2 Å². The highest BCUT2D eigenvalue weighted by Crippen LogP contribution is 2.05. The second-order valence-corrected chi connectivity index (χ2v) is 5.69. The predicted octanol–water partition coefficient (Wildman–Crippen LogP) is 1.05. The monoisotopic (exact) mass is 297 g/mol. The van der Waals surface area contributed by atoms with Crippen LogP contribution in [-0.2, 0) is 9.59 Å². The molecule has 0 rings (SSSR count). The highest BCUT2D eigenvalue weighted by Gasteiger charge is 2.10. The largest absolute Gasteiger partial charge is 0.479 e. The Hall–Kier alpha value is -0.400. The zero-order valence-corrected chi connectivity index (χ0v) is 12.7. The highest BCUT2D eigenvalue weighted by molar-refractivity contribution is 7.98. The molecule has 0 fully saturated rings. The maximum atomic E-state index is 10.4. The first-order valence-corrected chi connectivity index (χ1v) is 8.33. The van der Waals surface area contributed by atoms with Crippen molar-refractivity contribution in [2.24, 2.45) is 11.7 Å². The van der Waals surface area contributed by atoms with E-state index in [1.54, 1.807) is 11.8 Å². The Morgan fingerprint density at radius 1 is 1.17 bits per heavy atom. The van der Waals surface area contributed by atoms with Crippen molar-refractivity contribution in [3.8, 4) is 0 Å². The molecule has 108 valence electrons. The number of thioether (sulfide) groups is 2. The summed E-state index contributed by atoms with van der Waals surface area (Å²) in [5.41, 5.74) is 5.03. The molecular formula is C11H23NO4S2. The van der Waals surface area contributed by atoms with Gasteiger partial charge in [0.15, 0.2) is 6.10 Å². The van der Waals surface area contributed by atoms with Crippen molar-refractivity contribution in [1.29, 1.82) is 0 Å². The SMILES string of the molecule is CSCCC(C)C(N)=O.CSCCC(O)C(=O)O. The molecule has 0 aromatic heterocycles. The zero-order valence-electron chi connectivity index (χ0n) is 11.1. The average molecular weight is 297 g/mol. The Balaban J connectivity index is 0. The molecular weight excluding hydrogens is 274 g/mol. The fourth-order valence-corrected chi connectivity index (χ4v) is 1.84. The van der Waals surface area contributed by atoms with Gasteiger partial charge in [-0.1, -0.05) is 6.92 Å². The number of carboxylic acids is 1. The summed E-state index contributed by atoms with van der Waals surface area (Å²) in [5, 5.41) is 16.8. The number of aliphatic carboxylic acids is 1. The third-order valence-electron chi connectivity index (χ3n) is 2.12. The molecule has 0 aliphatic heterocycles. The standard InChI is InChI=1S/C6H13NOS.C5H10O3S/c1-5(6(7)8)3-4-9-2;1-9-3-2-4(6)5(7)8/h5H,3-4H2,1-2H3,(H2,7,8);4,6H,2-3H2,1H3,(H,7,8). The summed E-state index contributed by atoms with van der Waals surface area (Å²) in [6.07, 6.45) is 3.94. The Morgan fingerprint density at radius 2 is 1.61 bits per heavy atom. The molecule has 7 heteroatoms. The summed E-state index contributed by atoms with van der Waals surface area (Å²) in [7, 11) is 0. The van der Waals surface area contributed by atoms with E-state index in [1.165, 1.54) is 11.8 Å². The van der Waals surface area contributed by atoms with E-state index >= 15 is 0 Å². The van der Waals surface area contributed by atoms with Crippen LogP contribution < -0.4 is 5.73 Å². The number of aliphatic hydroxyl groups excluding tert-OH is 1. The molecule has 5 nitrogen and oxygen atoms in total. The second kappa shape index (κ2) is 13.0. The van der Waals surface area contributed by atoms with Crippen molar-refractivity contribution >= 4 is 35.4 Å². The van der Waals surface area contributed by atoms with Crippen LogP contribution >= 0.6 is 23.5 Å². The lowest BCUT2D eigenvalue weighted by Gasteiger charge is -2.03. The first-order valence-electron chi connectivity index (χ1n) is 5.54. The van der Waals surface area contributed by atoms with Gasteiger partial charge in [-0.25, -0.2) is 4.79 Å². The number of amides is 1. The Morgan fingerprint density at radius 3 is 1.94 bits per heavy atom. The Labute approximate surface area is 117 Å². The van der Waals surface area contributed by atoms with Gasteiger partial charge in [0.05, 0.1) is 0 Å². The minimum Gasteiger partial charge on any atom is -0.479 e. The molecule has 0 heterocycles. The number of carbonyl (C=O) groups is 2. The summed E-state index contributed by atoms with van der Waals surface area (Å²) in [5.74, 6) is 0.419. The molecule has 0 spiro atoms. The van der Waals surface area contributed by atoms with Crippen molar-refractivity contribution in [1.82, 2.24) is 0 Å². The number of carbonyl (C=O) groups excluding carboxylic acids is 1. The van der Waals surface area contributed by atoms with Crippen molar-refractivity contribution in [2.75, 3.05) is 24.0 Å². The molecule has 1 amide bonds. The van der Waals surface area contributed by atoms with Crippen LogP contribution in [0.25, 0.3) is 0 Å². The van der Waals surface area contributed by atoms with Gasteiger partial charge in [-0.15, -0.1) is 0 Å². The number of hydrogen-bond donors (Lipinski definition) is 3. The van der Waals surface area contributed by atoms with E-state index in [-0.39, 0.29) is 11.8 Å². The number of carboxylic acid groups (broad SMARTS) is 1. The first-order chi connectivity index (χ1) is 8.36. The first kappa shape index (κ1) is 19.9. The van der Waals surface area contributed by atoms with Crippen molar-refractivity contribution < 1.29 is 19.8 Å². The normalized spacial score (nSPS) is 13.1. The molecule has 0 aromatic carbocycles. The van der Waals surface area contributed by atoms with Crippen LogP contribution in [-0.4, -0.2) is 52.2 Å². The summed E-state index contributed by atoms with van der Waals surface area (Å²) in [6.45, 7) is 1.86. The van der Waals surface area contributed by atoms with Gasteiger partial charge in [-0.05, 0) is 36.9 Å². The van der Waals surface area contributed by atoms with Crippen LogP contribution in [0.2, 0.25) is 0 Å². The fraction of sp³-hybridized carbons (Fsp3) is 0.818. The molecule has 2 unspecified atom stereocenters. The van der Waals surface area contributed by atoms with Crippen molar-refractivity contribution in [2.45, 2.75) is 25.9 Å². The van der Waals surface area contributed by atoms with Gasteiger partial charge >= 0.3 is 5.97 Å². The molecule has 0 radical (unpaired) electrons. The fourth-order valence-electron chi connectivity index (χ4n) is 0.790. The van der Waals surface area contributed by atoms with Crippen LogP contribution in [0.1, 0.15) is 19.8 Å². The number of nitrogens with two attached hydrogens (primary N) is 1. The maximum Gasteiger partial charge on any atom is 0.332 e. The third-order valence-corrected chi connectivity index (χ3v) is 3.41. The van der Waals surface area contributed by atoms with E-state index in [9.17, 15) is 9.59 Å². The number of hydrogen-bond acceptors (Lipinski definition) is 5. The van der Waals surface area contributed by atoms with Crippen LogP contribution in [0.4, 0.5) is 0 Å². The lowest BCUT2D eigenvalue weighted by atomic mass is 10.1. The molecule has 4 N–H and O–H groups in total. The van der Waals surface area contributed by atoms with E-state index in [1.807, 2.05) is 19.4 Å². The van der Waals surface area contributed by atoms with Crippen LogP contribution in [0.3, 0.4) is 0 Å². The van der Waals surface area contributed by atoms with Crippen LogP contribution in [0.15, 0.2) is 0 Å². The number of aliphatic hydroxyl groups is 1. The summed E-state index contributed by atoms with van der Waals surface area (Å²) in [4.78, 5) is 20.4. The van der Waals surface area contributed by atoms with Gasteiger partial charge in [0.25, 0.3) is 0 Å². The van der Waals surface area contributed by atoms with Gasteiger partial charge in [-0.2, -0.15) is 23.5 Å². The van der Waals surface area contributed by atoms with Crippen LogP contribution in [0.5, 0.6) is 0 Å². The van der Waals surface area contributed by atoms with Gasteiger partial charge in [0.2, 0.25) is 5.91 Å². The highest BCUT2D eigenvalue weighted by atomic mass is 32.2. The van der Waals surface area contributed by atoms with E-state index in [2.05, 4.69) is 0 Å². The molecule has 0 saturated carbocycles. The molecule has 0 aromatic rings. The minimum absolute atomic E-state index is 0.0393. The second-order valence-electron chi connectivity index (χ2n) is 3.72. The van der Waals surface area contributed by atoms with E-state index in [4.69, 9.17) is 15.9 Å². The number of rotatable bonds is 8. The van der Waals surface area contributed by atoms with Gasteiger partial charge in [-0.3, -0.25) is 4.79 Å². The zero-order chi connectivity index (χ0) is 14.6. The Kier molecular flexibility index (Phi) is 14.4. The van der Waals surface area contributed by atoms with Crippen molar-refractivity contribution in [3.05, 3.63) is 0 Å². The van der Waals surface area contributed by atoms with Gasteiger partial charge < -0.3 is 15.9 Å². The summed E-state index contributed by atoms with van der Waals surface area (Å²) >= 11 is 3.26. The summed E-state index contributed by atoms with van der Waals surface area (Å²) in [6, 6.07) is 0. The minimum atomic E-state index is -1.18. The predicted molar refractivity (Wildman–Crippen MR) is 78.0 cm³/mol. The van der Waals surface area contributed by atoms with Gasteiger partial charge in [0, 0.05) is 5.92 Å². The van der Waals surface area contributed by atoms with Crippen LogP contribution in [0, 0.1) is 5.92 Å². The lowest BCUT2D eigenvalue weighted by Crippen LogP contribution is -2.20. The average Bonchev–Trinajstić information content (AvgIpc) is 2.33. The molecule has 2 atom stereocenters. The van der Waals surface area contributed by atoms with E-state index < -0.39 is 12.1 Å². The molecule has 0 saturated heterocycles. The van der Waals surface area contributed by atoms with Crippen molar-refractivity contribution in [3.63, 3.8) is 0 Å². The molecule has 0 aliphatic rings. The molecule has 0 bridgehead atoms. The molecule has 0 aliphatic carbocycles. The maximum absolute atomic E-state index is 10.4. The summed E-state index contributed by atoms with van der Waals surface area (Å²) < 4.78 is 0.